The van der Waals surface area contributed by atoms with Crippen molar-refractivity contribution in [3.63, 3.8) is 0 Å². The number of hydrogen-bond acceptors (Lipinski definition) is 3. The monoisotopic (exact) mass is 300 g/mol. The maximum Gasteiger partial charge on any atom is 0.106 e. The van der Waals surface area contributed by atoms with Gasteiger partial charge in [-0.05, 0) is 44.9 Å². The van der Waals surface area contributed by atoms with Crippen LogP contribution in [0, 0.1) is 0 Å². The molecule has 0 aliphatic carbocycles. The topological polar surface area (TPSA) is 47.3 Å². The maximum atomic E-state index is 5.93. The quantitative estimate of drug-likeness (QED) is 0.569. The Morgan fingerprint density at radius 2 is 2.16 bits per heavy atom. The first-order chi connectivity index (χ1) is 9.00. The van der Waals surface area contributed by atoms with E-state index in [0.717, 1.165) is 37.2 Å². The van der Waals surface area contributed by atoms with Gasteiger partial charge in [-0.25, -0.2) is 0 Å². The highest BCUT2D eigenvalue weighted by Crippen LogP contribution is 2.20. The van der Waals surface area contributed by atoms with Crippen LogP contribution in [0.4, 0.5) is 5.69 Å². The molecule has 0 heterocycles. The number of anilines is 1. The molecule has 0 saturated heterocycles. The summed E-state index contributed by atoms with van der Waals surface area (Å²) < 4.78 is 5.49. The highest BCUT2D eigenvalue weighted by molar-refractivity contribution is 7.80. The minimum atomic E-state index is 0.297. The van der Waals surface area contributed by atoms with Gasteiger partial charge in [0.25, 0.3) is 0 Å². The number of thiocarbonyl (C=S) groups is 1. The van der Waals surface area contributed by atoms with E-state index in [4.69, 9.17) is 34.3 Å². The zero-order valence-electron chi connectivity index (χ0n) is 11.4. The normalized spacial score (nSPS) is 10.7. The van der Waals surface area contributed by atoms with Crippen molar-refractivity contribution in [3.8, 4) is 0 Å². The van der Waals surface area contributed by atoms with Crippen LogP contribution in [0.25, 0.3) is 0 Å². The summed E-state index contributed by atoms with van der Waals surface area (Å²) in [7, 11) is 0. The molecule has 0 aromatic heterocycles. The summed E-state index contributed by atoms with van der Waals surface area (Å²) in [5, 5.41) is 3.97. The number of nitrogens with two attached hydrogens (primary N) is 1. The summed E-state index contributed by atoms with van der Waals surface area (Å²) in [6.07, 6.45) is 2.36. The number of hydrogen-bond donors (Lipinski definition) is 2. The molecular formula is C14H21ClN2OS. The molecule has 1 aromatic rings. The fourth-order valence-electron chi connectivity index (χ4n) is 1.64. The van der Waals surface area contributed by atoms with Crippen LogP contribution in [-0.4, -0.2) is 24.2 Å². The molecule has 0 saturated carbocycles. The third kappa shape index (κ3) is 6.23. The van der Waals surface area contributed by atoms with Crippen molar-refractivity contribution in [1.29, 1.82) is 0 Å². The number of nitrogens with one attached hydrogen (secondary N) is 1. The van der Waals surface area contributed by atoms with Gasteiger partial charge in [0.05, 0.1) is 6.10 Å². The van der Waals surface area contributed by atoms with E-state index < -0.39 is 0 Å². The fraction of sp³-hybridized carbons (Fsp3) is 0.500. The molecule has 0 bridgehead atoms. The predicted molar refractivity (Wildman–Crippen MR) is 86.2 cm³/mol. The summed E-state index contributed by atoms with van der Waals surface area (Å²) in [5.74, 6) is 0. The van der Waals surface area contributed by atoms with Crippen molar-refractivity contribution < 1.29 is 4.74 Å². The summed E-state index contributed by atoms with van der Waals surface area (Å²) in [4.78, 5) is 0.355. The molecule has 0 amide bonds. The zero-order valence-corrected chi connectivity index (χ0v) is 13.0. The van der Waals surface area contributed by atoms with Gasteiger partial charge in [-0.3, -0.25) is 0 Å². The van der Waals surface area contributed by atoms with Gasteiger partial charge >= 0.3 is 0 Å². The number of benzene rings is 1. The first kappa shape index (κ1) is 16.2. The molecule has 5 heteroatoms. The SMILES string of the molecule is CC(C)OCCCCNc1ccc(Cl)cc1C(N)=S. The second-order valence-corrected chi connectivity index (χ2v) is 5.48. The molecule has 0 fully saturated rings. The van der Waals surface area contributed by atoms with E-state index in [0.29, 0.717) is 16.1 Å². The van der Waals surface area contributed by atoms with E-state index in [1.165, 1.54) is 0 Å². The Labute approximate surface area is 125 Å². The van der Waals surface area contributed by atoms with Crippen molar-refractivity contribution in [1.82, 2.24) is 0 Å². The largest absolute Gasteiger partial charge is 0.389 e. The van der Waals surface area contributed by atoms with Crippen LogP contribution in [0.1, 0.15) is 32.3 Å². The molecule has 3 N–H and O–H groups in total. The molecule has 1 aromatic carbocycles. The Bertz CT molecular complexity index is 424. The molecule has 0 aliphatic rings. The fourth-order valence-corrected chi connectivity index (χ4v) is 1.98. The van der Waals surface area contributed by atoms with Crippen LogP contribution in [0.3, 0.4) is 0 Å². The first-order valence-electron chi connectivity index (χ1n) is 6.45. The Morgan fingerprint density at radius 3 is 2.79 bits per heavy atom. The smallest absolute Gasteiger partial charge is 0.106 e. The van der Waals surface area contributed by atoms with Gasteiger partial charge in [0.15, 0.2) is 0 Å². The van der Waals surface area contributed by atoms with Gasteiger partial charge in [0.1, 0.15) is 4.99 Å². The van der Waals surface area contributed by atoms with Crippen LogP contribution in [0.2, 0.25) is 5.02 Å². The highest BCUT2D eigenvalue weighted by Gasteiger charge is 2.05. The zero-order chi connectivity index (χ0) is 14.3. The predicted octanol–water partition coefficient (Wildman–Crippen LogP) is 3.59. The third-order valence-corrected chi connectivity index (χ3v) is 3.04. The summed E-state index contributed by atoms with van der Waals surface area (Å²) in [6.45, 7) is 5.74. The van der Waals surface area contributed by atoms with Gasteiger partial charge in [0.2, 0.25) is 0 Å². The first-order valence-corrected chi connectivity index (χ1v) is 7.24. The van der Waals surface area contributed by atoms with E-state index in [1.54, 1.807) is 6.07 Å². The minimum absolute atomic E-state index is 0.297. The average Bonchev–Trinajstić information content (AvgIpc) is 2.34. The van der Waals surface area contributed by atoms with Crippen LogP contribution in [0.5, 0.6) is 0 Å². The van der Waals surface area contributed by atoms with E-state index in [-0.39, 0.29) is 0 Å². The maximum absolute atomic E-state index is 5.93. The van der Waals surface area contributed by atoms with Crippen LogP contribution in [0.15, 0.2) is 18.2 Å². The van der Waals surface area contributed by atoms with E-state index in [1.807, 2.05) is 26.0 Å². The van der Waals surface area contributed by atoms with Crippen LogP contribution < -0.4 is 11.1 Å². The number of rotatable bonds is 8. The number of halogens is 1. The highest BCUT2D eigenvalue weighted by atomic mass is 35.5. The Hall–Kier alpha value is -0.840. The van der Waals surface area contributed by atoms with Crippen molar-refractivity contribution in [2.24, 2.45) is 5.73 Å². The van der Waals surface area contributed by atoms with E-state index in [9.17, 15) is 0 Å². The molecule has 0 unspecified atom stereocenters. The van der Waals surface area contributed by atoms with Gasteiger partial charge in [0, 0.05) is 29.4 Å². The molecule has 1 rings (SSSR count). The molecule has 0 spiro atoms. The molecule has 0 aliphatic heterocycles. The van der Waals surface area contributed by atoms with E-state index in [2.05, 4.69) is 5.32 Å². The van der Waals surface area contributed by atoms with E-state index >= 15 is 0 Å². The Kier molecular flexibility index (Phi) is 7.13. The average molecular weight is 301 g/mol. The molecule has 3 nitrogen and oxygen atoms in total. The second kappa shape index (κ2) is 8.35. The Morgan fingerprint density at radius 1 is 1.42 bits per heavy atom. The molecular weight excluding hydrogens is 280 g/mol. The lowest BCUT2D eigenvalue weighted by Crippen LogP contribution is -2.14. The van der Waals surface area contributed by atoms with Gasteiger partial charge < -0.3 is 15.8 Å². The molecule has 106 valence electrons. The number of unbranched alkanes of at least 4 members (excludes halogenated alkanes) is 1. The van der Waals surface area contributed by atoms with Gasteiger partial charge in [-0.1, -0.05) is 23.8 Å². The lowest BCUT2D eigenvalue weighted by Gasteiger charge is -2.12. The third-order valence-electron chi connectivity index (χ3n) is 2.58. The van der Waals surface area contributed by atoms with Crippen molar-refractivity contribution in [3.05, 3.63) is 28.8 Å². The molecule has 0 radical (unpaired) electrons. The minimum Gasteiger partial charge on any atom is -0.389 e. The lowest BCUT2D eigenvalue weighted by atomic mass is 10.1. The standard InChI is InChI=1S/C14H21ClN2OS/c1-10(2)18-8-4-3-7-17-13-6-5-11(15)9-12(13)14(16)19/h5-6,9-10,17H,3-4,7-8H2,1-2H3,(H2,16,19). The van der Waals surface area contributed by atoms with Gasteiger partial charge in [-0.2, -0.15) is 0 Å². The van der Waals surface area contributed by atoms with Crippen molar-refractivity contribution >= 4 is 34.5 Å². The lowest BCUT2D eigenvalue weighted by molar-refractivity contribution is 0.0765. The van der Waals surface area contributed by atoms with Crippen LogP contribution in [-0.2, 0) is 4.74 Å². The number of ether oxygens (including phenoxy) is 1. The molecule has 19 heavy (non-hydrogen) atoms. The summed E-state index contributed by atoms with van der Waals surface area (Å²) in [5.41, 5.74) is 7.41. The van der Waals surface area contributed by atoms with Gasteiger partial charge in [-0.15, -0.1) is 0 Å². The Balaban J connectivity index is 2.39. The second-order valence-electron chi connectivity index (χ2n) is 4.61. The molecule has 0 atom stereocenters. The summed E-state index contributed by atoms with van der Waals surface area (Å²) in [6, 6.07) is 5.52. The van der Waals surface area contributed by atoms with Crippen LogP contribution >= 0.6 is 23.8 Å². The summed E-state index contributed by atoms with van der Waals surface area (Å²) >= 11 is 11.0. The van der Waals surface area contributed by atoms with Crippen molar-refractivity contribution in [2.45, 2.75) is 32.8 Å². The van der Waals surface area contributed by atoms with Crippen molar-refractivity contribution in [2.75, 3.05) is 18.5 Å².